The lowest BCUT2D eigenvalue weighted by atomic mass is 10.1. The number of hydrogen-bond acceptors (Lipinski definition) is 5. The Kier molecular flexibility index (Phi) is 9.93. The first-order valence-corrected chi connectivity index (χ1v) is 10.4. The molecule has 2 aliphatic heterocycles. The van der Waals surface area contributed by atoms with Crippen LogP contribution in [-0.2, 0) is 24.3 Å². The monoisotopic (exact) mass is 505 g/mol. The molecule has 3 heterocycles. The van der Waals surface area contributed by atoms with Crippen LogP contribution in [0, 0.1) is 0 Å². The van der Waals surface area contributed by atoms with Crippen molar-refractivity contribution in [2.75, 3.05) is 33.3 Å². The van der Waals surface area contributed by atoms with Crippen LogP contribution in [-0.4, -0.2) is 71.0 Å². The molecule has 28 heavy (non-hydrogen) atoms. The Morgan fingerprint density at radius 3 is 2.79 bits per heavy atom. The molecule has 0 spiro atoms. The maximum Gasteiger partial charge on any atom is 0.191 e. The van der Waals surface area contributed by atoms with Gasteiger partial charge in [0.25, 0.3) is 0 Å². The fourth-order valence-corrected chi connectivity index (χ4v) is 3.99. The maximum absolute atomic E-state index is 5.15. The van der Waals surface area contributed by atoms with Crippen LogP contribution in [0.5, 0.6) is 0 Å². The van der Waals surface area contributed by atoms with Gasteiger partial charge < -0.3 is 15.4 Å². The van der Waals surface area contributed by atoms with E-state index in [1.807, 2.05) is 4.68 Å². The molecular formula is C19H36IN7O. The molecule has 8 nitrogen and oxygen atoms in total. The zero-order chi connectivity index (χ0) is 19.1. The predicted molar refractivity (Wildman–Crippen MR) is 122 cm³/mol. The van der Waals surface area contributed by atoms with Crippen molar-refractivity contribution < 1.29 is 4.74 Å². The summed E-state index contributed by atoms with van der Waals surface area (Å²) in [5.41, 5.74) is 0. The molecule has 0 amide bonds. The Morgan fingerprint density at radius 1 is 1.32 bits per heavy atom. The zero-order valence-corrected chi connectivity index (χ0v) is 19.8. The average molecular weight is 505 g/mol. The van der Waals surface area contributed by atoms with E-state index in [9.17, 15) is 0 Å². The molecule has 2 atom stereocenters. The lowest BCUT2D eigenvalue weighted by Gasteiger charge is -2.27. The molecule has 0 bridgehead atoms. The Balaban J connectivity index is 0.00000280. The standard InChI is InChI=1S/C19H35N7O.HI/c1-4-16(25-10-6-7-11-25)12-21-19(20-5-2)22-15-8-9-18-23-17(14-27-3)24-26(18)13-15;/h15-16H,4-14H2,1-3H3,(H2,20,21,22);1H. The van der Waals surface area contributed by atoms with Crippen molar-refractivity contribution in [1.29, 1.82) is 0 Å². The zero-order valence-electron chi connectivity index (χ0n) is 17.5. The van der Waals surface area contributed by atoms with E-state index in [1.165, 1.54) is 25.9 Å². The largest absolute Gasteiger partial charge is 0.377 e. The van der Waals surface area contributed by atoms with Crippen molar-refractivity contribution in [3.63, 3.8) is 0 Å². The van der Waals surface area contributed by atoms with Crippen LogP contribution in [0.4, 0.5) is 0 Å². The van der Waals surface area contributed by atoms with E-state index in [0.717, 1.165) is 56.5 Å². The number of fused-ring (bicyclic) bond motifs is 1. The fraction of sp³-hybridized carbons (Fsp3) is 0.842. The van der Waals surface area contributed by atoms with Crippen LogP contribution in [0.3, 0.4) is 0 Å². The highest BCUT2D eigenvalue weighted by molar-refractivity contribution is 14.0. The van der Waals surface area contributed by atoms with Crippen molar-refractivity contribution in [1.82, 2.24) is 30.3 Å². The third kappa shape index (κ3) is 6.28. The number of guanidine groups is 1. The topological polar surface area (TPSA) is 79.6 Å². The van der Waals surface area contributed by atoms with Crippen LogP contribution in [0.25, 0.3) is 0 Å². The lowest BCUT2D eigenvalue weighted by Crippen LogP contribution is -2.47. The van der Waals surface area contributed by atoms with Crippen LogP contribution >= 0.6 is 24.0 Å². The molecule has 160 valence electrons. The van der Waals surface area contributed by atoms with E-state index < -0.39 is 0 Å². The second kappa shape index (κ2) is 11.9. The summed E-state index contributed by atoms with van der Waals surface area (Å²) in [6.45, 7) is 9.83. The van der Waals surface area contributed by atoms with Gasteiger partial charge in [-0.15, -0.1) is 24.0 Å². The van der Waals surface area contributed by atoms with Gasteiger partial charge in [-0.05, 0) is 45.7 Å². The minimum atomic E-state index is 0. The summed E-state index contributed by atoms with van der Waals surface area (Å²) in [6, 6.07) is 0.868. The van der Waals surface area contributed by atoms with Crippen molar-refractivity contribution in [2.45, 2.75) is 71.2 Å². The molecule has 1 fully saturated rings. The first kappa shape index (κ1) is 23.3. The van der Waals surface area contributed by atoms with Crippen LogP contribution in [0.15, 0.2) is 4.99 Å². The van der Waals surface area contributed by atoms with Gasteiger partial charge in [0.05, 0.1) is 13.1 Å². The average Bonchev–Trinajstić information content (AvgIpc) is 3.32. The second-order valence-corrected chi connectivity index (χ2v) is 7.46. The van der Waals surface area contributed by atoms with Crippen molar-refractivity contribution in [3.8, 4) is 0 Å². The van der Waals surface area contributed by atoms with Gasteiger partial charge in [-0.2, -0.15) is 5.10 Å². The molecule has 1 aromatic rings. The number of hydrogen-bond donors (Lipinski definition) is 2. The third-order valence-electron chi connectivity index (χ3n) is 5.45. The predicted octanol–water partition coefficient (Wildman–Crippen LogP) is 1.79. The Hall–Kier alpha value is -0.940. The number of aliphatic imine (C=N–C) groups is 1. The minimum absolute atomic E-state index is 0. The molecule has 0 radical (unpaired) electrons. The van der Waals surface area contributed by atoms with Gasteiger partial charge in [0, 0.05) is 32.2 Å². The number of methoxy groups -OCH3 is 1. The first-order valence-electron chi connectivity index (χ1n) is 10.4. The van der Waals surface area contributed by atoms with Gasteiger partial charge in [-0.1, -0.05) is 6.92 Å². The number of likely N-dealkylation sites (tertiary alicyclic amines) is 1. The van der Waals surface area contributed by atoms with Gasteiger partial charge in [0.15, 0.2) is 11.8 Å². The quantitative estimate of drug-likeness (QED) is 0.319. The molecule has 2 unspecified atom stereocenters. The highest BCUT2D eigenvalue weighted by Gasteiger charge is 2.23. The summed E-state index contributed by atoms with van der Waals surface area (Å²) < 4.78 is 7.16. The molecular weight excluding hydrogens is 469 g/mol. The highest BCUT2D eigenvalue weighted by atomic mass is 127. The minimum Gasteiger partial charge on any atom is -0.377 e. The summed E-state index contributed by atoms with van der Waals surface area (Å²) in [7, 11) is 1.68. The molecule has 2 aliphatic rings. The number of nitrogens with zero attached hydrogens (tertiary/aromatic N) is 5. The molecule has 2 N–H and O–H groups in total. The van der Waals surface area contributed by atoms with E-state index >= 15 is 0 Å². The van der Waals surface area contributed by atoms with Gasteiger partial charge >= 0.3 is 0 Å². The molecule has 3 rings (SSSR count). The number of rotatable bonds is 8. The van der Waals surface area contributed by atoms with Crippen molar-refractivity contribution in [3.05, 3.63) is 11.6 Å². The molecule has 1 aromatic heterocycles. The van der Waals surface area contributed by atoms with Crippen LogP contribution in [0.1, 0.15) is 51.2 Å². The lowest BCUT2D eigenvalue weighted by molar-refractivity contribution is 0.177. The molecule has 0 saturated carbocycles. The second-order valence-electron chi connectivity index (χ2n) is 7.46. The van der Waals surface area contributed by atoms with E-state index in [4.69, 9.17) is 9.73 Å². The molecule has 0 aliphatic carbocycles. The van der Waals surface area contributed by atoms with E-state index in [0.29, 0.717) is 18.7 Å². The number of nitrogens with one attached hydrogen (secondary N) is 2. The summed E-state index contributed by atoms with van der Waals surface area (Å²) in [5, 5.41) is 11.6. The highest BCUT2D eigenvalue weighted by Crippen LogP contribution is 2.15. The first-order chi connectivity index (χ1) is 13.2. The molecule has 0 aromatic carbocycles. The van der Waals surface area contributed by atoms with E-state index in [1.54, 1.807) is 7.11 Å². The summed E-state index contributed by atoms with van der Waals surface area (Å²) in [5.74, 6) is 2.74. The van der Waals surface area contributed by atoms with Gasteiger partial charge in [-0.25, -0.2) is 9.67 Å². The third-order valence-corrected chi connectivity index (χ3v) is 5.45. The van der Waals surface area contributed by atoms with Crippen LogP contribution in [0.2, 0.25) is 0 Å². The molecule has 1 saturated heterocycles. The van der Waals surface area contributed by atoms with E-state index in [-0.39, 0.29) is 24.0 Å². The number of aromatic nitrogens is 3. The van der Waals surface area contributed by atoms with Crippen molar-refractivity contribution in [2.24, 2.45) is 4.99 Å². The van der Waals surface area contributed by atoms with Gasteiger partial charge in [-0.3, -0.25) is 9.89 Å². The van der Waals surface area contributed by atoms with Crippen LogP contribution < -0.4 is 10.6 Å². The molecule has 9 heteroatoms. The normalized spacial score (nSPS) is 21.1. The SMILES string of the molecule is CCNC(=NCC(CC)N1CCCC1)NC1CCc2nc(COC)nn2C1.I. The Bertz CT molecular complexity index is 615. The summed E-state index contributed by atoms with van der Waals surface area (Å²) in [6.07, 6.45) is 5.77. The summed E-state index contributed by atoms with van der Waals surface area (Å²) in [4.78, 5) is 12.0. The van der Waals surface area contributed by atoms with E-state index in [2.05, 4.69) is 39.5 Å². The van der Waals surface area contributed by atoms with Gasteiger partial charge in [0.1, 0.15) is 12.4 Å². The Labute approximate surface area is 185 Å². The number of aryl methyl sites for hydroxylation is 1. The Morgan fingerprint density at radius 2 is 2.11 bits per heavy atom. The fourth-order valence-electron chi connectivity index (χ4n) is 3.99. The summed E-state index contributed by atoms with van der Waals surface area (Å²) >= 11 is 0. The smallest absolute Gasteiger partial charge is 0.191 e. The van der Waals surface area contributed by atoms with Crippen molar-refractivity contribution >= 4 is 29.9 Å². The number of ether oxygens (including phenoxy) is 1. The van der Waals surface area contributed by atoms with Gasteiger partial charge in [0.2, 0.25) is 0 Å². The maximum atomic E-state index is 5.15. The number of halogens is 1.